The Hall–Kier alpha value is -2.57. The minimum Gasteiger partial charge on any atom is -0.337 e. The minimum absolute atomic E-state index is 0.00123. The van der Waals surface area contributed by atoms with Gasteiger partial charge in [0.05, 0.1) is 11.0 Å². The predicted octanol–water partition coefficient (Wildman–Crippen LogP) is 2.15. The molecule has 0 unspecified atom stereocenters. The van der Waals surface area contributed by atoms with E-state index in [1.165, 1.54) is 0 Å². The first-order chi connectivity index (χ1) is 12.4. The van der Waals surface area contributed by atoms with E-state index < -0.39 is 0 Å². The molecule has 7 heteroatoms. The molecule has 26 heavy (non-hydrogen) atoms. The Balaban J connectivity index is 1.71. The number of nitrogens with one attached hydrogen (secondary N) is 1. The van der Waals surface area contributed by atoms with Crippen molar-refractivity contribution in [3.05, 3.63) is 29.6 Å². The standard InChI is InChI=1S/C19H27N5O2/c1-13(2)20-19(26)24-9-5-8-23(10-11-24)18(25)15-6-7-17-16(12-15)21-14(3)22(17)4/h6-7,12-13H,5,8-11H2,1-4H3,(H,20,26). The van der Waals surface area contributed by atoms with Gasteiger partial charge in [-0.05, 0) is 45.4 Å². The Morgan fingerprint density at radius 1 is 1.12 bits per heavy atom. The highest BCUT2D eigenvalue weighted by molar-refractivity contribution is 5.97. The maximum Gasteiger partial charge on any atom is 0.317 e. The van der Waals surface area contributed by atoms with Crippen molar-refractivity contribution in [3.8, 4) is 0 Å². The number of imidazole rings is 1. The summed E-state index contributed by atoms with van der Waals surface area (Å²) in [6, 6.07) is 5.72. The van der Waals surface area contributed by atoms with Crippen LogP contribution in [0.1, 0.15) is 36.5 Å². The summed E-state index contributed by atoms with van der Waals surface area (Å²) in [7, 11) is 1.97. The molecule has 1 saturated heterocycles. The summed E-state index contributed by atoms with van der Waals surface area (Å²) in [4.78, 5) is 33.2. The fourth-order valence-corrected chi connectivity index (χ4v) is 3.30. The van der Waals surface area contributed by atoms with E-state index in [1.807, 2.05) is 55.5 Å². The van der Waals surface area contributed by atoms with Crippen LogP contribution in [-0.4, -0.2) is 63.5 Å². The summed E-state index contributed by atoms with van der Waals surface area (Å²) in [6.07, 6.45) is 0.780. The Morgan fingerprint density at radius 3 is 2.54 bits per heavy atom. The highest BCUT2D eigenvalue weighted by Gasteiger charge is 2.23. The Bertz CT molecular complexity index is 827. The molecule has 0 bridgehead atoms. The fraction of sp³-hybridized carbons (Fsp3) is 0.526. The summed E-state index contributed by atoms with van der Waals surface area (Å²) in [5, 5.41) is 2.92. The lowest BCUT2D eigenvalue weighted by Gasteiger charge is -2.23. The third kappa shape index (κ3) is 3.66. The molecule has 140 valence electrons. The highest BCUT2D eigenvalue weighted by Crippen LogP contribution is 2.18. The third-order valence-corrected chi connectivity index (χ3v) is 4.83. The molecule has 3 amide bonds. The zero-order valence-electron chi connectivity index (χ0n) is 16.0. The van der Waals surface area contributed by atoms with E-state index in [0.717, 1.165) is 23.3 Å². The molecule has 1 aliphatic heterocycles. The highest BCUT2D eigenvalue weighted by atomic mass is 16.2. The van der Waals surface area contributed by atoms with Gasteiger partial charge >= 0.3 is 6.03 Å². The van der Waals surface area contributed by atoms with Crippen molar-refractivity contribution in [2.45, 2.75) is 33.2 Å². The number of rotatable bonds is 2. The molecule has 1 aliphatic rings. The van der Waals surface area contributed by atoms with Crippen molar-refractivity contribution < 1.29 is 9.59 Å². The quantitative estimate of drug-likeness (QED) is 0.895. The van der Waals surface area contributed by atoms with Gasteiger partial charge in [0, 0.05) is 44.8 Å². The second-order valence-electron chi connectivity index (χ2n) is 7.16. The summed E-state index contributed by atoms with van der Waals surface area (Å²) < 4.78 is 2.01. The number of benzene rings is 1. The number of aryl methyl sites for hydroxylation is 2. The topological polar surface area (TPSA) is 70.5 Å². The first-order valence-corrected chi connectivity index (χ1v) is 9.14. The van der Waals surface area contributed by atoms with E-state index in [9.17, 15) is 9.59 Å². The van der Waals surface area contributed by atoms with E-state index in [0.29, 0.717) is 31.7 Å². The SMILES string of the molecule is Cc1nc2cc(C(=O)N3CCCN(C(=O)NC(C)C)CC3)ccc2n1C. The van der Waals surface area contributed by atoms with Crippen molar-refractivity contribution >= 4 is 23.0 Å². The average molecular weight is 357 g/mol. The summed E-state index contributed by atoms with van der Waals surface area (Å²) in [5.74, 6) is 0.924. The second kappa shape index (κ2) is 7.35. The van der Waals surface area contributed by atoms with Crippen LogP contribution >= 0.6 is 0 Å². The van der Waals surface area contributed by atoms with E-state index in [1.54, 1.807) is 4.90 Å². The lowest BCUT2D eigenvalue weighted by molar-refractivity contribution is 0.0762. The molecule has 2 heterocycles. The van der Waals surface area contributed by atoms with Crippen molar-refractivity contribution in [1.29, 1.82) is 0 Å². The van der Waals surface area contributed by atoms with Gasteiger partial charge in [0.25, 0.3) is 5.91 Å². The van der Waals surface area contributed by atoms with E-state index >= 15 is 0 Å². The number of carbonyl (C=O) groups excluding carboxylic acids is 2. The van der Waals surface area contributed by atoms with E-state index in [-0.39, 0.29) is 18.0 Å². The molecule has 1 aromatic heterocycles. The number of amides is 3. The van der Waals surface area contributed by atoms with Crippen LogP contribution in [0.3, 0.4) is 0 Å². The maximum atomic E-state index is 12.9. The van der Waals surface area contributed by atoms with E-state index in [2.05, 4.69) is 10.3 Å². The maximum absolute atomic E-state index is 12.9. The molecule has 1 aromatic carbocycles. The zero-order valence-corrected chi connectivity index (χ0v) is 16.0. The van der Waals surface area contributed by atoms with E-state index in [4.69, 9.17) is 0 Å². The number of urea groups is 1. The Morgan fingerprint density at radius 2 is 1.81 bits per heavy atom. The predicted molar refractivity (Wildman–Crippen MR) is 101 cm³/mol. The van der Waals surface area contributed by atoms with Crippen LogP contribution in [0, 0.1) is 6.92 Å². The Kier molecular flexibility index (Phi) is 5.15. The van der Waals surface area contributed by atoms with Gasteiger partial charge in [0.2, 0.25) is 0 Å². The minimum atomic E-state index is -0.0559. The first-order valence-electron chi connectivity index (χ1n) is 9.14. The molecule has 0 aliphatic carbocycles. The summed E-state index contributed by atoms with van der Waals surface area (Å²) >= 11 is 0. The van der Waals surface area contributed by atoms with Crippen molar-refractivity contribution in [2.75, 3.05) is 26.2 Å². The van der Waals surface area contributed by atoms with Gasteiger partial charge in [0.15, 0.2) is 0 Å². The summed E-state index contributed by atoms with van der Waals surface area (Å²) in [5.41, 5.74) is 2.51. The molecule has 1 N–H and O–H groups in total. The first kappa shape index (κ1) is 18.2. The van der Waals surface area contributed by atoms with Gasteiger partial charge in [-0.1, -0.05) is 0 Å². The number of fused-ring (bicyclic) bond motifs is 1. The van der Waals surface area contributed by atoms with Gasteiger partial charge in [-0.15, -0.1) is 0 Å². The van der Waals surface area contributed by atoms with Crippen LogP contribution in [0.4, 0.5) is 4.79 Å². The van der Waals surface area contributed by atoms with Gasteiger partial charge in [-0.3, -0.25) is 4.79 Å². The van der Waals surface area contributed by atoms with Gasteiger partial charge in [-0.25, -0.2) is 9.78 Å². The van der Waals surface area contributed by atoms with Gasteiger partial charge in [-0.2, -0.15) is 0 Å². The lowest BCUT2D eigenvalue weighted by Crippen LogP contribution is -2.44. The number of nitrogens with zero attached hydrogens (tertiary/aromatic N) is 4. The van der Waals surface area contributed by atoms with Crippen molar-refractivity contribution in [3.63, 3.8) is 0 Å². The fourth-order valence-electron chi connectivity index (χ4n) is 3.30. The molecule has 3 rings (SSSR count). The van der Waals surface area contributed by atoms with Crippen LogP contribution < -0.4 is 5.32 Å². The largest absolute Gasteiger partial charge is 0.337 e. The second-order valence-corrected chi connectivity index (χ2v) is 7.16. The molecule has 0 radical (unpaired) electrons. The molecular formula is C19H27N5O2. The molecule has 0 atom stereocenters. The monoisotopic (exact) mass is 357 g/mol. The molecule has 2 aromatic rings. The van der Waals surface area contributed by atoms with Crippen molar-refractivity contribution in [2.24, 2.45) is 7.05 Å². The number of hydrogen-bond acceptors (Lipinski definition) is 3. The lowest BCUT2D eigenvalue weighted by atomic mass is 10.1. The van der Waals surface area contributed by atoms with Gasteiger partial charge < -0.3 is 19.7 Å². The third-order valence-electron chi connectivity index (χ3n) is 4.83. The van der Waals surface area contributed by atoms with Crippen LogP contribution in [-0.2, 0) is 7.05 Å². The van der Waals surface area contributed by atoms with Crippen LogP contribution in [0.25, 0.3) is 11.0 Å². The van der Waals surface area contributed by atoms with Crippen LogP contribution in [0.15, 0.2) is 18.2 Å². The normalized spacial score (nSPS) is 15.4. The van der Waals surface area contributed by atoms with Crippen LogP contribution in [0.2, 0.25) is 0 Å². The van der Waals surface area contributed by atoms with Gasteiger partial charge in [0.1, 0.15) is 5.82 Å². The van der Waals surface area contributed by atoms with Crippen molar-refractivity contribution in [1.82, 2.24) is 24.7 Å². The Labute approximate surface area is 154 Å². The zero-order chi connectivity index (χ0) is 18.8. The molecule has 1 fully saturated rings. The van der Waals surface area contributed by atoms with Crippen LogP contribution in [0.5, 0.6) is 0 Å². The smallest absolute Gasteiger partial charge is 0.317 e. The molecule has 7 nitrogen and oxygen atoms in total. The number of hydrogen-bond donors (Lipinski definition) is 1. The number of carbonyl (C=O) groups is 2. The molecule has 0 spiro atoms. The summed E-state index contributed by atoms with van der Waals surface area (Å²) in [6.45, 7) is 8.26. The molecule has 0 saturated carbocycles. The number of aromatic nitrogens is 2. The average Bonchev–Trinajstić information content (AvgIpc) is 2.78. The molecular weight excluding hydrogens is 330 g/mol.